The van der Waals surface area contributed by atoms with Crippen LogP contribution >= 0.6 is 22.9 Å². The number of amides is 1. The van der Waals surface area contributed by atoms with Gasteiger partial charge in [-0.2, -0.15) is 9.61 Å². The lowest BCUT2D eigenvalue weighted by Crippen LogP contribution is -2.16. The molecule has 4 rings (SSSR count). The second-order valence-electron chi connectivity index (χ2n) is 6.15. The zero-order chi connectivity index (χ0) is 20.4. The highest BCUT2D eigenvalue weighted by molar-refractivity contribution is 7.16. The molecule has 0 bridgehead atoms. The first-order chi connectivity index (χ1) is 14.0. The number of halogens is 1. The number of aromatic nitrogens is 3. The molecule has 0 aliphatic heterocycles. The molecular formula is C20H15ClN4O3S. The summed E-state index contributed by atoms with van der Waals surface area (Å²) in [6, 6.07) is 15.2. The van der Waals surface area contributed by atoms with Crippen LogP contribution in [-0.2, 0) is 6.61 Å². The Bertz CT molecular complexity index is 1270. The number of rotatable bonds is 5. The van der Waals surface area contributed by atoms with Crippen molar-refractivity contribution in [2.24, 2.45) is 0 Å². The Morgan fingerprint density at radius 1 is 1.21 bits per heavy atom. The molecule has 1 N–H and O–H groups in total. The van der Waals surface area contributed by atoms with E-state index in [1.54, 1.807) is 48.5 Å². The summed E-state index contributed by atoms with van der Waals surface area (Å²) in [5.41, 5.74) is 1.20. The molecule has 0 aliphatic carbocycles. The fourth-order valence-electron chi connectivity index (χ4n) is 2.69. The Hall–Kier alpha value is -3.23. The van der Waals surface area contributed by atoms with Crippen molar-refractivity contribution in [3.63, 3.8) is 0 Å². The lowest BCUT2D eigenvalue weighted by atomic mass is 10.2. The van der Waals surface area contributed by atoms with Crippen LogP contribution in [0.5, 0.6) is 5.75 Å². The summed E-state index contributed by atoms with van der Waals surface area (Å²) in [4.78, 5) is 29.4. The summed E-state index contributed by atoms with van der Waals surface area (Å²) < 4.78 is 7.02. The number of nitrogens with zero attached hydrogens (tertiary/aromatic N) is 3. The van der Waals surface area contributed by atoms with E-state index in [4.69, 9.17) is 16.3 Å². The molecule has 4 aromatic rings. The van der Waals surface area contributed by atoms with E-state index in [0.29, 0.717) is 32.7 Å². The second kappa shape index (κ2) is 8.02. The van der Waals surface area contributed by atoms with E-state index >= 15 is 0 Å². The van der Waals surface area contributed by atoms with Crippen LogP contribution in [0, 0.1) is 6.92 Å². The van der Waals surface area contributed by atoms with Crippen LogP contribution in [0.3, 0.4) is 0 Å². The van der Waals surface area contributed by atoms with Gasteiger partial charge in [0.05, 0.1) is 16.3 Å². The van der Waals surface area contributed by atoms with E-state index in [1.165, 1.54) is 21.9 Å². The zero-order valence-corrected chi connectivity index (χ0v) is 16.8. The third kappa shape index (κ3) is 4.28. The molecule has 0 atom stereocenters. The molecule has 0 saturated heterocycles. The molecule has 0 radical (unpaired) electrons. The molecule has 2 aromatic carbocycles. The molecular weight excluding hydrogens is 412 g/mol. The van der Waals surface area contributed by atoms with E-state index in [0.717, 1.165) is 5.01 Å². The standard InChI is InChI=1S/C20H15ClN4O3S/c1-12-24-25-18(26)10-14(23-20(25)29-12)11-28-15-6-4-5-13(9-15)22-19(27)16-7-2-3-8-17(16)21/h2-10H,11H2,1H3,(H,22,27). The molecule has 2 aromatic heterocycles. The van der Waals surface area contributed by atoms with Gasteiger partial charge in [0.2, 0.25) is 4.96 Å². The first kappa shape index (κ1) is 19.1. The fourth-order valence-corrected chi connectivity index (χ4v) is 3.68. The monoisotopic (exact) mass is 426 g/mol. The number of carbonyl (C=O) groups is 1. The number of aryl methyl sites for hydroxylation is 1. The van der Waals surface area contributed by atoms with Gasteiger partial charge in [0.1, 0.15) is 17.4 Å². The van der Waals surface area contributed by atoms with Crippen molar-refractivity contribution in [2.75, 3.05) is 5.32 Å². The Kier molecular flexibility index (Phi) is 5.28. The predicted octanol–water partition coefficient (Wildman–Crippen LogP) is 3.94. The van der Waals surface area contributed by atoms with Gasteiger partial charge in [0, 0.05) is 17.8 Å². The highest BCUT2D eigenvalue weighted by atomic mass is 35.5. The number of nitrogens with one attached hydrogen (secondary N) is 1. The third-order valence-corrected chi connectivity index (χ3v) is 5.15. The molecule has 29 heavy (non-hydrogen) atoms. The number of ether oxygens (including phenoxy) is 1. The van der Waals surface area contributed by atoms with E-state index in [1.807, 2.05) is 6.92 Å². The molecule has 146 valence electrons. The molecule has 7 nitrogen and oxygen atoms in total. The molecule has 0 spiro atoms. The quantitative estimate of drug-likeness (QED) is 0.522. The third-order valence-electron chi connectivity index (χ3n) is 4.00. The topological polar surface area (TPSA) is 85.6 Å². The minimum absolute atomic E-state index is 0.116. The van der Waals surface area contributed by atoms with Gasteiger partial charge in [0.15, 0.2) is 0 Å². The van der Waals surface area contributed by atoms with E-state index < -0.39 is 0 Å². The van der Waals surface area contributed by atoms with Crippen LogP contribution in [0.15, 0.2) is 59.4 Å². The van der Waals surface area contributed by atoms with Crippen molar-refractivity contribution in [3.05, 3.63) is 86.2 Å². The van der Waals surface area contributed by atoms with Gasteiger partial charge in [0.25, 0.3) is 11.5 Å². The molecule has 0 unspecified atom stereocenters. The van der Waals surface area contributed by atoms with Crippen molar-refractivity contribution >= 4 is 39.5 Å². The molecule has 0 saturated carbocycles. The van der Waals surface area contributed by atoms with Gasteiger partial charge < -0.3 is 10.1 Å². The zero-order valence-electron chi connectivity index (χ0n) is 15.3. The predicted molar refractivity (Wildman–Crippen MR) is 112 cm³/mol. The van der Waals surface area contributed by atoms with Crippen molar-refractivity contribution in [2.45, 2.75) is 13.5 Å². The first-order valence-electron chi connectivity index (χ1n) is 8.65. The summed E-state index contributed by atoms with van der Waals surface area (Å²) in [6.07, 6.45) is 0. The van der Waals surface area contributed by atoms with Gasteiger partial charge in [-0.3, -0.25) is 9.59 Å². The minimum atomic E-state index is -0.312. The van der Waals surface area contributed by atoms with Gasteiger partial charge in [-0.05, 0) is 31.2 Å². The van der Waals surface area contributed by atoms with Crippen LogP contribution in [-0.4, -0.2) is 20.5 Å². The first-order valence-corrected chi connectivity index (χ1v) is 9.84. The van der Waals surface area contributed by atoms with E-state index in [2.05, 4.69) is 15.4 Å². The van der Waals surface area contributed by atoms with Crippen LogP contribution < -0.4 is 15.6 Å². The van der Waals surface area contributed by atoms with Crippen molar-refractivity contribution in [1.82, 2.24) is 14.6 Å². The van der Waals surface area contributed by atoms with Crippen LogP contribution in [0.4, 0.5) is 5.69 Å². The number of fused-ring (bicyclic) bond motifs is 1. The highest BCUT2D eigenvalue weighted by Crippen LogP contribution is 2.21. The van der Waals surface area contributed by atoms with Gasteiger partial charge in [-0.15, -0.1) is 0 Å². The smallest absolute Gasteiger partial charge is 0.275 e. The molecule has 2 heterocycles. The van der Waals surface area contributed by atoms with Crippen molar-refractivity contribution < 1.29 is 9.53 Å². The SMILES string of the molecule is Cc1nn2c(=O)cc(COc3cccc(NC(=O)c4ccccc4Cl)c3)nc2s1. The maximum Gasteiger partial charge on any atom is 0.275 e. The van der Waals surface area contributed by atoms with Gasteiger partial charge in [-0.1, -0.05) is 41.1 Å². The number of carbonyl (C=O) groups excluding carboxylic acids is 1. The molecule has 9 heteroatoms. The Balaban J connectivity index is 1.47. The van der Waals surface area contributed by atoms with Crippen molar-refractivity contribution in [3.8, 4) is 5.75 Å². The minimum Gasteiger partial charge on any atom is -0.487 e. The van der Waals surface area contributed by atoms with Gasteiger partial charge >= 0.3 is 0 Å². The normalized spacial score (nSPS) is 10.8. The fraction of sp³-hybridized carbons (Fsp3) is 0.100. The maximum absolute atomic E-state index is 12.4. The average molecular weight is 427 g/mol. The second-order valence-corrected chi connectivity index (χ2v) is 7.72. The molecule has 1 amide bonds. The summed E-state index contributed by atoms with van der Waals surface area (Å²) in [6.45, 7) is 1.93. The lowest BCUT2D eigenvalue weighted by Gasteiger charge is -2.10. The lowest BCUT2D eigenvalue weighted by molar-refractivity contribution is 0.102. The average Bonchev–Trinajstić information content (AvgIpc) is 3.08. The van der Waals surface area contributed by atoms with Gasteiger partial charge in [-0.25, -0.2) is 4.98 Å². The van der Waals surface area contributed by atoms with Crippen LogP contribution in [0.2, 0.25) is 5.02 Å². The summed E-state index contributed by atoms with van der Waals surface area (Å²) >= 11 is 7.40. The van der Waals surface area contributed by atoms with Crippen LogP contribution in [0.25, 0.3) is 4.96 Å². The number of benzene rings is 2. The number of anilines is 1. The Labute approximate surface area is 174 Å². The maximum atomic E-state index is 12.4. The molecule has 0 aliphatic rings. The Morgan fingerprint density at radius 2 is 2.03 bits per heavy atom. The number of hydrogen-bond donors (Lipinski definition) is 1. The van der Waals surface area contributed by atoms with E-state index in [9.17, 15) is 9.59 Å². The number of hydrogen-bond acceptors (Lipinski definition) is 6. The Morgan fingerprint density at radius 3 is 2.86 bits per heavy atom. The summed E-state index contributed by atoms with van der Waals surface area (Å²) in [5, 5.41) is 8.04. The summed E-state index contributed by atoms with van der Waals surface area (Å²) in [5.74, 6) is 0.220. The van der Waals surface area contributed by atoms with Crippen LogP contribution in [0.1, 0.15) is 21.1 Å². The molecule has 0 fully saturated rings. The van der Waals surface area contributed by atoms with E-state index in [-0.39, 0.29) is 18.1 Å². The highest BCUT2D eigenvalue weighted by Gasteiger charge is 2.11. The van der Waals surface area contributed by atoms with Crippen molar-refractivity contribution in [1.29, 1.82) is 0 Å². The summed E-state index contributed by atoms with van der Waals surface area (Å²) in [7, 11) is 0. The largest absolute Gasteiger partial charge is 0.487 e.